The molecule has 0 aromatic heterocycles. The van der Waals surface area contributed by atoms with Gasteiger partial charge in [0.25, 0.3) is 0 Å². The topological polar surface area (TPSA) is 41.6 Å². The lowest BCUT2D eigenvalue weighted by Crippen LogP contribution is -2.50. The summed E-state index contributed by atoms with van der Waals surface area (Å²) in [6.45, 7) is 2.71. The van der Waals surface area contributed by atoms with Crippen molar-refractivity contribution in [2.24, 2.45) is 5.92 Å². The number of amides is 1. The molecule has 0 bridgehead atoms. The predicted molar refractivity (Wildman–Crippen MR) is 78.9 cm³/mol. The molecule has 1 saturated carbocycles. The average Bonchev–Trinajstić information content (AvgIpc) is 2.50. The lowest BCUT2D eigenvalue weighted by Gasteiger charge is -2.35. The molecule has 0 atom stereocenters. The molecule has 0 aliphatic heterocycles. The van der Waals surface area contributed by atoms with Crippen molar-refractivity contribution in [3.63, 3.8) is 0 Å². The van der Waals surface area contributed by atoms with Gasteiger partial charge in [-0.25, -0.2) is 19.6 Å². The highest BCUT2D eigenvalue weighted by molar-refractivity contribution is 5.67. The van der Waals surface area contributed by atoms with Gasteiger partial charge < -0.3 is 4.74 Å². The highest BCUT2D eigenvalue weighted by Crippen LogP contribution is 2.26. The molecule has 1 fully saturated rings. The van der Waals surface area contributed by atoms with Gasteiger partial charge in [0.1, 0.15) is 5.82 Å². The van der Waals surface area contributed by atoms with E-state index in [0.717, 1.165) is 37.2 Å². The summed E-state index contributed by atoms with van der Waals surface area (Å²) in [6.07, 6.45) is 3.84. The number of nitrogens with one attached hydrogen (secondary N) is 1. The van der Waals surface area contributed by atoms with Gasteiger partial charge in [-0.15, -0.1) is 0 Å². The summed E-state index contributed by atoms with van der Waals surface area (Å²) in [6, 6.07) is 6.42. The van der Waals surface area contributed by atoms with Crippen molar-refractivity contribution in [3.05, 3.63) is 35.6 Å². The molecule has 0 unspecified atom stereocenters. The number of methoxy groups -OCH3 is 1. The first-order valence-corrected chi connectivity index (χ1v) is 7.45. The zero-order chi connectivity index (χ0) is 15.2. The number of hydrogen-bond acceptors (Lipinski definition) is 3. The van der Waals surface area contributed by atoms with E-state index in [2.05, 4.69) is 12.3 Å². The van der Waals surface area contributed by atoms with E-state index in [1.54, 1.807) is 17.1 Å². The molecule has 1 aromatic carbocycles. The lowest BCUT2D eigenvalue weighted by molar-refractivity contribution is 0.0577. The van der Waals surface area contributed by atoms with Gasteiger partial charge in [-0.3, -0.25) is 0 Å². The van der Waals surface area contributed by atoms with Crippen LogP contribution in [0, 0.1) is 11.7 Å². The Morgan fingerprint density at radius 1 is 1.29 bits per heavy atom. The molecule has 0 radical (unpaired) electrons. The fraction of sp³-hybridized carbons (Fsp3) is 0.562. The minimum atomic E-state index is -0.364. The van der Waals surface area contributed by atoms with E-state index in [4.69, 9.17) is 4.74 Å². The van der Waals surface area contributed by atoms with Crippen molar-refractivity contribution < 1.29 is 13.9 Å². The van der Waals surface area contributed by atoms with Crippen LogP contribution in [0.1, 0.15) is 38.2 Å². The van der Waals surface area contributed by atoms with E-state index in [9.17, 15) is 9.18 Å². The van der Waals surface area contributed by atoms with Crippen LogP contribution in [0.4, 0.5) is 9.18 Å². The zero-order valence-electron chi connectivity index (χ0n) is 12.6. The van der Waals surface area contributed by atoms with Gasteiger partial charge in [0.15, 0.2) is 0 Å². The fourth-order valence-corrected chi connectivity index (χ4v) is 2.72. The highest BCUT2D eigenvalue weighted by Gasteiger charge is 2.28. The van der Waals surface area contributed by atoms with Gasteiger partial charge >= 0.3 is 6.09 Å². The molecule has 0 saturated heterocycles. The van der Waals surface area contributed by atoms with Crippen molar-refractivity contribution in [2.75, 3.05) is 7.11 Å². The molecule has 1 aliphatic rings. The van der Waals surface area contributed by atoms with Crippen molar-refractivity contribution in [2.45, 2.75) is 45.2 Å². The Balaban J connectivity index is 1.96. The first-order chi connectivity index (χ1) is 10.1. The van der Waals surface area contributed by atoms with E-state index in [0.29, 0.717) is 6.54 Å². The van der Waals surface area contributed by atoms with Gasteiger partial charge in [-0.2, -0.15) is 0 Å². The standard InChI is InChI=1S/C16H23FN2O2/c1-12-3-9-15(10-4-12)19(16(20)21-2)18-11-13-5-7-14(17)8-6-13/h5-8,12,15,18H,3-4,9-11H2,1-2H3. The molecule has 1 aromatic rings. The average molecular weight is 294 g/mol. The number of hydrogen-bond donors (Lipinski definition) is 1. The maximum Gasteiger partial charge on any atom is 0.424 e. The molecular weight excluding hydrogens is 271 g/mol. The summed E-state index contributed by atoms with van der Waals surface area (Å²) in [5.74, 6) is 0.461. The molecule has 116 valence electrons. The Kier molecular flexibility index (Phi) is 5.56. The molecule has 0 heterocycles. The number of nitrogens with zero attached hydrogens (tertiary/aromatic N) is 1. The van der Waals surface area contributed by atoms with E-state index < -0.39 is 0 Å². The molecule has 2 rings (SSSR count). The van der Waals surface area contributed by atoms with Crippen LogP contribution < -0.4 is 5.43 Å². The Morgan fingerprint density at radius 2 is 1.90 bits per heavy atom. The SMILES string of the molecule is COC(=O)N(NCc1ccc(F)cc1)C1CCC(C)CC1. The third-order valence-electron chi connectivity index (χ3n) is 4.09. The van der Waals surface area contributed by atoms with E-state index in [-0.39, 0.29) is 18.0 Å². The lowest BCUT2D eigenvalue weighted by atomic mass is 9.87. The van der Waals surface area contributed by atoms with Gasteiger partial charge in [0.2, 0.25) is 0 Å². The summed E-state index contributed by atoms with van der Waals surface area (Å²) < 4.78 is 17.8. The Labute approximate surface area is 125 Å². The number of benzene rings is 1. The van der Waals surface area contributed by atoms with Crippen LogP contribution in [0.25, 0.3) is 0 Å². The number of rotatable bonds is 4. The summed E-state index contributed by atoms with van der Waals surface area (Å²) >= 11 is 0. The summed E-state index contributed by atoms with van der Waals surface area (Å²) in [7, 11) is 1.39. The maximum absolute atomic E-state index is 12.9. The highest BCUT2D eigenvalue weighted by atomic mass is 19.1. The third-order valence-corrected chi connectivity index (χ3v) is 4.09. The number of carbonyl (C=O) groups is 1. The smallest absolute Gasteiger partial charge is 0.424 e. The first-order valence-electron chi connectivity index (χ1n) is 7.45. The van der Waals surface area contributed by atoms with E-state index in [1.165, 1.54) is 19.2 Å². The summed E-state index contributed by atoms with van der Waals surface area (Å²) in [5.41, 5.74) is 4.05. The largest absolute Gasteiger partial charge is 0.452 e. The molecular formula is C16H23FN2O2. The normalized spacial score (nSPS) is 21.9. The maximum atomic E-state index is 12.9. The monoisotopic (exact) mass is 294 g/mol. The third kappa shape index (κ3) is 4.43. The Hall–Kier alpha value is -1.62. The quantitative estimate of drug-likeness (QED) is 0.864. The van der Waals surface area contributed by atoms with Crippen LogP contribution in [-0.4, -0.2) is 24.3 Å². The molecule has 5 heteroatoms. The van der Waals surface area contributed by atoms with Crippen molar-refractivity contribution in [3.8, 4) is 0 Å². The molecule has 1 aliphatic carbocycles. The molecule has 1 N–H and O–H groups in total. The first kappa shape index (κ1) is 15.8. The molecule has 1 amide bonds. The van der Waals surface area contributed by atoms with Gasteiger partial charge in [-0.05, 0) is 49.3 Å². The fourth-order valence-electron chi connectivity index (χ4n) is 2.72. The van der Waals surface area contributed by atoms with Crippen LogP contribution in [0.5, 0.6) is 0 Å². The van der Waals surface area contributed by atoms with Crippen molar-refractivity contribution in [1.29, 1.82) is 0 Å². The molecule has 21 heavy (non-hydrogen) atoms. The van der Waals surface area contributed by atoms with E-state index in [1.807, 2.05) is 0 Å². The van der Waals surface area contributed by atoms with Gasteiger partial charge in [-0.1, -0.05) is 19.1 Å². The number of hydrazine groups is 1. The van der Waals surface area contributed by atoms with Crippen LogP contribution in [0.3, 0.4) is 0 Å². The Morgan fingerprint density at radius 3 is 2.48 bits per heavy atom. The van der Waals surface area contributed by atoms with E-state index >= 15 is 0 Å². The van der Waals surface area contributed by atoms with Crippen LogP contribution >= 0.6 is 0 Å². The number of carbonyl (C=O) groups excluding carboxylic acids is 1. The number of halogens is 1. The van der Waals surface area contributed by atoms with Crippen LogP contribution in [0.15, 0.2) is 24.3 Å². The van der Waals surface area contributed by atoms with Crippen LogP contribution in [0.2, 0.25) is 0 Å². The predicted octanol–water partition coefficient (Wildman–Crippen LogP) is 3.48. The summed E-state index contributed by atoms with van der Waals surface area (Å²) in [4.78, 5) is 11.9. The van der Waals surface area contributed by atoms with Gasteiger partial charge in [0, 0.05) is 6.54 Å². The number of ether oxygens (including phenoxy) is 1. The van der Waals surface area contributed by atoms with Crippen molar-refractivity contribution in [1.82, 2.24) is 10.4 Å². The second-order valence-electron chi connectivity index (χ2n) is 5.72. The molecule has 4 nitrogen and oxygen atoms in total. The Bertz CT molecular complexity index is 456. The van der Waals surface area contributed by atoms with Crippen LogP contribution in [-0.2, 0) is 11.3 Å². The minimum Gasteiger partial charge on any atom is -0.452 e. The second-order valence-corrected chi connectivity index (χ2v) is 5.72. The zero-order valence-corrected chi connectivity index (χ0v) is 12.6. The summed E-state index contributed by atoms with van der Waals surface area (Å²) in [5, 5.41) is 1.59. The molecule has 0 spiro atoms. The van der Waals surface area contributed by atoms with Crippen molar-refractivity contribution >= 4 is 6.09 Å². The minimum absolute atomic E-state index is 0.161. The van der Waals surface area contributed by atoms with Gasteiger partial charge in [0.05, 0.1) is 13.2 Å². The second kappa shape index (κ2) is 7.41.